The molecule has 0 saturated heterocycles. The van der Waals surface area contributed by atoms with E-state index in [1.54, 1.807) is 0 Å². The Morgan fingerprint density at radius 2 is 1.16 bits per heavy atom. The first-order valence-corrected chi connectivity index (χ1v) is 16.5. The number of nitrogens with two attached hydrogens (primary N) is 2. The van der Waals surface area contributed by atoms with Crippen molar-refractivity contribution in [3.8, 4) is 50.8 Å². The number of nitrogens with zero attached hydrogens (tertiary/aromatic N) is 2. The summed E-state index contributed by atoms with van der Waals surface area (Å²) in [6.45, 7) is 0. The summed E-state index contributed by atoms with van der Waals surface area (Å²) in [5.74, 6) is 2.47. The minimum atomic E-state index is -0.666. The molecule has 5 heteroatoms. The van der Waals surface area contributed by atoms with Crippen LogP contribution >= 0.6 is 0 Å². The van der Waals surface area contributed by atoms with Crippen molar-refractivity contribution in [2.45, 2.75) is 5.41 Å². The van der Waals surface area contributed by atoms with Gasteiger partial charge in [0.05, 0.1) is 27.8 Å². The maximum absolute atomic E-state index is 7.03. The van der Waals surface area contributed by atoms with Crippen LogP contribution in [0.25, 0.3) is 50.4 Å². The maximum Gasteiger partial charge on any atom is 0.145 e. The molecule has 5 nitrogen and oxygen atoms in total. The van der Waals surface area contributed by atoms with Crippen LogP contribution in [0.4, 0.5) is 11.4 Å². The molecule has 0 fully saturated rings. The zero-order valence-electron chi connectivity index (χ0n) is 26.5. The third-order valence-electron chi connectivity index (χ3n) is 10.2. The Bertz CT molecular complexity index is 2570. The molecule has 1 aromatic heterocycles. The summed E-state index contributed by atoms with van der Waals surface area (Å²) >= 11 is 0. The molecule has 0 bridgehead atoms. The Morgan fingerprint density at radius 1 is 0.531 bits per heavy atom. The van der Waals surface area contributed by atoms with Crippen LogP contribution in [0.2, 0.25) is 0 Å². The first-order chi connectivity index (χ1) is 24.1. The van der Waals surface area contributed by atoms with Crippen LogP contribution in [0.1, 0.15) is 22.3 Å². The predicted octanol–water partition coefficient (Wildman–Crippen LogP) is 9.99. The SMILES string of the molecule is Nc1cccc(-c2cccc3c2Oc2ccc(-n4c(-c5ccccc5)nc5ccccc54)cc2C32c3ccccc3-c3ccccc32)c1N. The van der Waals surface area contributed by atoms with E-state index in [0.717, 1.165) is 61.9 Å². The fraction of sp³-hybridized carbons (Fsp3) is 0.0227. The molecule has 2 heterocycles. The van der Waals surface area contributed by atoms with E-state index in [1.165, 1.54) is 22.3 Å². The first kappa shape index (κ1) is 27.5. The molecule has 0 radical (unpaired) electrons. The average Bonchev–Trinajstić information content (AvgIpc) is 3.68. The lowest BCUT2D eigenvalue weighted by Crippen LogP contribution is -2.32. The van der Waals surface area contributed by atoms with E-state index in [-0.39, 0.29) is 0 Å². The highest BCUT2D eigenvalue weighted by atomic mass is 16.5. The predicted molar refractivity (Wildman–Crippen MR) is 198 cm³/mol. The van der Waals surface area contributed by atoms with Gasteiger partial charge in [-0.2, -0.15) is 0 Å². The summed E-state index contributed by atoms with van der Waals surface area (Å²) in [7, 11) is 0. The van der Waals surface area contributed by atoms with Gasteiger partial charge in [-0.3, -0.25) is 4.57 Å². The third kappa shape index (κ3) is 3.72. The quantitative estimate of drug-likeness (QED) is 0.191. The highest BCUT2D eigenvalue weighted by Gasteiger charge is 2.51. The van der Waals surface area contributed by atoms with Gasteiger partial charge >= 0.3 is 0 Å². The Labute approximate surface area is 283 Å². The van der Waals surface area contributed by atoms with E-state index in [9.17, 15) is 0 Å². The minimum absolute atomic E-state index is 0.544. The van der Waals surface area contributed by atoms with Gasteiger partial charge in [-0.05, 0) is 58.7 Å². The maximum atomic E-state index is 7.03. The molecule has 0 amide bonds. The molecule has 2 aliphatic rings. The number of hydrogen-bond donors (Lipinski definition) is 2. The van der Waals surface area contributed by atoms with Gasteiger partial charge in [0, 0.05) is 33.5 Å². The largest absolute Gasteiger partial charge is 0.456 e. The number of nitrogen functional groups attached to an aromatic ring is 2. The second-order valence-electron chi connectivity index (χ2n) is 12.7. The van der Waals surface area contributed by atoms with Gasteiger partial charge in [-0.1, -0.05) is 121 Å². The Hall–Kier alpha value is -6.59. The fourth-order valence-corrected chi connectivity index (χ4v) is 8.15. The van der Waals surface area contributed by atoms with Gasteiger partial charge in [-0.25, -0.2) is 4.98 Å². The minimum Gasteiger partial charge on any atom is -0.456 e. The summed E-state index contributed by atoms with van der Waals surface area (Å²) in [6, 6.07) is 55.0. The standard InChI is InChI=1S/C44H30N4O/c45-37-21-11-16-31(41(37)46)32-17-10-20-35-42(32)49-40-25-24-28(48-39-23-9-8-22-38(39)47-43(48)27-12-2-1-3-13-27)26-36(40)44(35)33-18-6-4-14-29(33)30-15-5-7-19-34(30)44/h1-26H,45-46H2. The number of benzene rings is 7. The average molecular weight is 631 g/mol. The molecule has 0 unspecified atom stereocenters. The molecule has 10 rings (SSSR count). The summed E-state index contributed by atoms with van der Waals surface area (Å²) in [6.07, 6.45) is 0. The van der Waals surface area contributed by atoms with E-state index in [2.05, 4.69) is 132 Å². The highest BCUT2D eigenvalue weighted by molar-refractivity contribution is 5.93. The van der Waals surface area contributed by atoms with Crippen LogP contribution in [-0.2, 0) is 5.41 Å². The zero-order chi connectivity index (χ0) is 32.7. The van der Waals surface area contributed by atoms with Crippen molar-refractivity contribution in [3.05, 3.63) is 180 Å². The van der Waals surface area contributed by atoms with Crippen LogP contribution in [0, 0.1) is 0 Å². The van der Waals surface area contributed by atoms with Gasteiger partial charge < -0.3 is 16.2 Å². The van der Waals surface area contributed by atoms with Gasteiger partial charge in [0.15, 0.2) is 0 Å². The fourth-order valence-electron chi connectivity index (χ4n) is 8.15. The zero-order valence-corrected chi connectivity index (χ0v) is 26.5. The Morgan fingerprint density at radius 3 is 1.96 bits per heavy atom. The molecule has 232 valence electrons. The van der Waals surface area contributed by atoms with Gasteiger partial charge in [0.2, 0.25) is 0 Å². The summed E-state index contributed by atoms with van der Waals surface area (Å²) in [5, 5.41) is 0. The molecular weight excluding hydrogens is 601 g/mol. The molecule has 1 spiro atoms. The molecule has 1 aliphatic heterocycles. The number of aromatic nitrogens is 2. The second-order valence-corrected chi connectivity index (χ2v) is 12.7. The first-order valence-electron chi connectivity index (χ1n) is 16.5. The van der Waals surface area contributed by atoms with Gasteiger partial charge in [-0.15, -0.1) is 0 Å². The molecule has 1 aliphatic carbocycles. The topological polar surface area (TPSA) is 79.1 Å². The number of imidazole rings is 1. The molecule has 7 aromatic carbocycles. The second kappa shape index (κ2) is 10.2. The van der Waals surface area contributed by atoms with Crippen LogP contribution in [-0.4, -0.2) is 9.55 Å². The number of ether oxygens (including phenoxy) is 1. The van der Waals surface area contributed by atoms with Crippen molar-refractivity contribution >= 4 is 22.4 Å². The highest BCUT2D eigenvalue weighted by Crippen LogP contribution is 2.63. The van der Waals surface area contributed by atoms with Gasteiger partial charge in [0.25, 0.3) is 0 Å². The molecule has 0 saturated carbocycles. The van der Waals surface area contributed by atoms with Gasteiger partial charge in [0.1, 0.15) is 17.3 Å². The van der Waals surface area contributed by atoms with Crippen molar-refractivity contribution in [3.63, 3.8) is 0 Å². The van der Waals surface area contributed by atoms with E-state index < -0.39 is 5.41 Å². The molecule has 0 atom stereocenters. The van der Waals surface area contributed by atoms with Crippen molar-refractivity contribution in [2.24, 2.45) is 0 Å². The van der Waals surface area contributed by atoms with E-state index >= 15 is 0 Å². The molecule has 8 aromatic rings. The Balaban J connectivity index is 1.31. The van der Waals surface area contributed by atoms with Crippen LogP contribution < -0.4 is 16.2 Å². The van der Waals surface area contributed by atoms with Crippen molar-refractivity contribution in [1.29, 1.82) is 0 Å². The summed E-state index contributed by atoms with van der Waals surface area (Å²) < 4.78 is 9.30. The number of anilines is 2. The molecule has 49 heavy (non-hydrogen) atoms. The molecule has 4 N–H and O–H groups in total. The van der Waals surface area contributed by atoms with E-state index in [4.69, 9.17) is 21.2 Å². The van der Waals surface area contributed by atoms with E-state index in [1.807, 2.05) is 30.3 Å². The lowest BCUT2D eigenvalue weighted by molar-refractivity contribution is 0.438. The Kier molecular flexibility index (Phi) is 5.73. The van der Waals surface area contributed by atoms with Crippen molar-refractivity contribution < 1.29 is 4.74 Å². The van der Waals surface area contributed by atoms with Crippen LogP contribution in [0.5, 0.6) is 11.5 Å². The number of hydrogen-bond acceptors (Lipinski definition) is 4. The number of fused-ring (bicyclic) bond motifs is 10. The monoisotopic (exact) mass is 630 g/mol. The third-order valence-corrected chi connectivity index (χ3v) is 10.2. The lowest BCUT2D eigenvalue weighted by Gasteiger charge is -2.40. The number of para-hydroxylation sites is 4. The smallest absolute Gasteiger partial charge is 0.145 e. The normalized spacial score (nSPS) is 13.4. The summed E-state index contributed by atoms with van der Waals surface area (Å²) in [4.78, 5) is 5.14. The molecular formula is C44H30N4O. The van der Waals surface area contributed by atoms with Crippen molar-refractivity contribution in [2.75, 3.05) is 11.5 Å². The lowest BCUT2D eigenvalue weighted by atomic mass is 9.65. The van der Waals surface area contributed by atoms with Crippen molar-refractivity contribution in [1.82, 2.24) is 9.55 Å². The van der Waals surface area contributed by atoms with Crippen LogP contribution in [0.3, 0.4) is 0 Å². The summed E-state index contributed by atoms with van der Waals surface area (Å²) in [5.41, 5.74) is 26.2. The number of rotatable bonds is 3. The van der Waals surface area contributed by atoms with Crippen LogP contribution in [0.15, 0.2) is 158 Å². The van der Waals surface area contributed by atoms with E-state index in [0.29, 0.717) is 11.4 Å².